The number of carbonyl (C=O) groups excluding carboxylic acids is 1. The van der Waals surface area contributed by atoms with Gasteiger partial charge in [-0.1, -0.05) is 18.9 Å². The molecule has 18 heavy (non-hydrogen) atoms. The summed E-state index contributed by atoms with van der Waals surface area (Å²) in [6.07, 6.45) is 6.21. The van der Waals surface area contributed by atoms with Crippen LogP contribution in [0.2, 0.25) is 0 Å². The number of carbonyl (C=O) groups is 1. The Kier molecular flexibility index (Phi) is 4.13. The number of aromatic nitrogens is 1. The van der Waals surface area contributed by atoms with Crippen LogP contribution in [0.4, 0.5) is 0 Å². The summed E-state index contributed by atoms with van der Waals surface area (Å²) in [6.45, 7) is 1.98. The number of hydrogen-bond acceptors (Lipinski definition) is 4. The van der Waals surface area contributed by atoms with Gasteiger partial charge >= 0.3 is 0 Å². The van der Waals surface area contributed by atoms with E-state index >= 15 is 0 Å². The molecule has 0 aliphatic carbocycles. The molecule has 0 aliphatic heterocycles. The van der Waals surface area contributed by atoms with Crippen molar-refractivity contribution in [3.8, 4) is 12.3 Å². The SMILES string of the molecule is C#CC(NC(=O)c1scnc1CC)c1cccs1. The topological polar surface area (TPSA) is 42.0 Å². The summed E-state index contributed by atoms with van der Waals surface area (Å²) in [5.74, 6) is 2.45. The average Bonchev–Trinajstić information content (AvgIpc) is 3.05. The van der Waals surface area contributed by atoms with Crippen molar-refractivity contribution in [3.05, 3.63) is 38.5 Å². The zero-order valence-electron chi connectivity index (χ0n) is 9.84. The summed E-state index contributed by atoms with van der Waals surface area (Å²) < 4.78 is 0. The van der Waals surface area contributed by atoms with E-state index in [0.29, 0.717) is 4.88 Å². The second-order valence-corrected chi connectivity index (χ2v) is 5.40. The lowest BCUT2D eigenvalue weighted by atomic mass is 10.2. The lowest BCUT2D eigenvalue weighted by molar-refractivity contribution is 0.0949. The normalized spacial score (nSPS) is 11.8. The smallest absolute Gasteiger partial charge is 0.264 e. The molecule has 1 amide bonds. The highest BCUT2D eigenvalue weighted by Gasteiger charge is 2.18. The zero-order chi connectivity index (χ0) is 13.0. The van der Waals surface area contributed by atoms with Crippen LogP contribution in [0.1, 0.15) is 33.2 Å². The number of amides is 1. The summed E-state index contributed by atoms with van der Waals surface area (Å²) >= 11 is 2.88. The first-order chi connectivity index (χ1) is 8.76. The Labute approximate surface area is 114 Å². The van der Waals surface area contributed by atoms with Gasteiger partial charge < -0.3 is 5.32 Å². The van der Waals surface area contributed by atoms with Crippen molar-refractivity contribution < 1.29 is 4.79 Å². The number of terminal acetylenes is 1. The standard InChI is InChI=1S/C13H12N2OS2/c1-3-9(11-6-5-7-17-11)15-13(16)12-10(4-2)14-8-18-12/h1,5-9H,4H2,2H3,(H,15,16). The predicted octanol–water partition coefficient (Wildman–Crippen LogP) is 2.87. The summed E-state index contributed by atoms with van der Waals surface area (Å²) in [7, 11) is 0. The minimum atomic E-state index is -0.371. The summed E-state index contributed by atoms with van der Waals surface area (Å²) in [6, 6.07) is 3.47. The molecule has 0 aromatic carbocycles. The molecular formula is C13H12N2OS2. The molecule has 2 aromatic rings. The van der Waals surface area contributed by atoms with Gasteiger partial charge in [0.2, 0.25) is 0 Å². The molecule has 1 atom stereocenters. The Bertz CT molecular complexity index is 566. The van der Waals surface area contributed by atoms with Crippen LogP contribution in [0.3, 0.4) is 0 Å². The highest BCUT2D eigenvalue weighted by Crippen LogP contribution is 2.20. The van der Waals surface area contributed by atoms with Gasteiger partial charge in [-0.25, -0.2) is 4.98 Å². The van der Waals surface area contributed by atoms with Crippen molar-refractivity contribution in [2.24, 2.45) is 0 Å². The Balaban J connectivity index is 2.14. The van der Waals surface area contributed by atoms with Crippen molar-refractivity contribution in [2.45, 2.75) is 19.4 Å². The average molecular weight is 276 g/mol. The van der Waals surface area contributed by atoms with Gasteiger partial charge in [0.15, 0.2) is 0 Å². The quantitative estimate of drug-likeness (QED) is 0.872. The van der Waals surface area contributed by atoms with E-state index in [0.717, 1.165) is 17.0 Å². The van der Waals surface area contributed by atoms with Gasteiger partial charge in [-0.15, -0.1) is 29.1 Å². The maximum absolute atomic E-state index is 12.1. The molecule has 0 bridgehead atoms. The van der Waals surface area contributed by atoms with Crippen molar-refractivity contribution in [2.75, 3.05) is 0 Å². The number of thiophene rings is 1. The van der Waals surface area contributed by atoms with Gasteiger partial charge in [-0.2, -0.15) is 0 Å². The van der Waals surface area contributed by atoms with E-state index in [9.17, 15) is 4.79 Å². The van der Waals surface area contributed by atoms with Crippen LogP contribution in [-0.4, -0.2) is 10.9 Å². The third-order valence-electron chi connectivity index (χ3n) is 2.45. The van der Waals surface area contributed by atoms with E-state index in [1.165, 1.54) is 22.7 Å². The summed E-state index contributed by atoms with van der Waals surface area (Å²) in [4.78, 5) is 17.9. The molecule has 0 saturated heterocycles. The molecule has 92 valence electrons. The molecule has 0 aliphatic rings. The van der Waals surface area contributed by atoms with Crippen molar-refractivity contribution in [3.63, 3.8) is 0 Å². The maximum atomic E-state index is 12.1. The third-order valence-corrected chi connectivity index (χ3v) is 4.26. The van der Waals surface area contributed by atoms with Gasteiger partial charge in [-0.3, -0.25) is 4.79 Å². The van der Waals surface area contributed by atoms with Crippen LogP contribution in [0, 0.1) is 12.3 Å². The van der Waals surface area contributed by atoms with Gasteiger partial charge in [0.05, 0.1) is 11.2 Å². The second kappa shape index (κ2) is 5.80. The number of thiazole rings is 1. The van der Waals surface area contributed by atoms with E-state index in [-0.39, 0.29) is 11.9 Å². The van der Waals surface area contributed by atoms with Gasteiger partial charge in [0.25, 0.3) is 5.91 Å². The van der Waals surface area contributed by atoms with Crippen LogP contribution in [0.5, 0.6) is 0 Å². The van der Waals surface area contributed by atoms with Crippen molar-refractivity contribution >= 4 is 28.6 Å². The second-order valence-electron chi connectivity index (χ2n) is 3.57. The molecule has 2 rings (SSSR count). The van der Waals surface area contributed by atoms with E-state index in [2.05, 4.69) is 16.2 Å². The van der Waals surface area contributed by atoms with E-state index in [4.69, 9.17) is 6.42 Å². The molecule has 0 radical (unpaired) electrons. The van der Waals surface area contributed by atoms with Crippen molar-refractivity contribution in [1.82, 2.24) is 10.3 Å². The maximum Gasteiger partial charge on any atom is 0.264 e. The third kappa shape index (κ3) is 2.61. The molecule has 1 N–H and O–H groups in total. The van der Waals surface area contributed by atoms with E-state index < -0.39 is 0 Å². The van der Waals surface area contributed by atoms with Crippen molar-refractivity contribution in [1.29, 1.82) is 0 Å². The summed E-state index contributed by atoms with van der Waals surface area (Å²) in [5.41, 5.74) is 2.50. The largest absolute Gasteiger partial charge is 0.333 e. The van der Waals surface area contributed by atoms with Crippen LogP contribution >= 0.6 is 22.7 Å². The number of nitrogens with one attached hydrogen (secondary N) is 1. The first-order valence-corrected chi connectivity index (χ1v) is 7.25. The van der Waals surface area contributed by atoms with E-state index in [1.54, 1.807) is 5.51 Å². The fraction of sp³-hybridized carbons (Fsp3) is 0.231. The molecule has 5 heteroatoms. The fourth-order valence-corrected chi connectivity index (χ4v) is 3.07. The monoisotopic (exact) mass is 276 g/mol. The highest BCUT2D eigenvalue weighted by molar-refractivity contribution is 7.12. The summed E-state index contributed by atoms with van der Waals surface area (Å²) in [5, 5.41) is 4.79. The minimum absolute atomic E-state index is 0.147. The minimum Gasteiger partial charge on any atom is -0.333 e. The lowest BCUT2D eigenvalue weighted by Gasteiger charge is -2.10. The molecule has 0 fully saturated rings. The fourth-order valence-electron chi connectivity index (χ4n) is 1.55. The predicted molar refractivity (Wildman–Crippen MR) is 74.9 cm³/mol. The number of aryl methyl sites for hydroxylation is 1. The number of rotatable bonds is 4. The first kappa shape index (κ1) is 12.8. The van der Waals surface area contributed by atoms with Crippen LogP contribution in [0.15, 0.2) is 23.0 Å². The molecule has 0 saturated carbocycles. The number of nitrogens with zero attached hydrogens (tertiary/aromatic N) is 1. The highest BCUT2D eigenvalue weighted by atomic mass is 32.1. The lowest BCUT2D eigenvalue weighted by Crippen LogP contribution is -2.27. The van der Waals surface area contributed by atoms with E-state index in [1.807, 2.05) is 24.4 Å². The Morgan fingerprint density at radius 2 is 2.44 bits per heavy atom. The first-order valence-electron chi connectivity index (χ1n) is 5.49. The number of hydrogen-bond donors (Lipinski definition) is 1. The van der Waals surface area contributed by atoms with Crippen LogP contribution in [0.25, 0.3) is 0 Å². The Morgan fingerprint density at radius 1 is 1.61 bits per heavy atom. The Hall–Kier alpha value is -1.64. The molecular weight excluding hydrogens is 264 g/mol. The van der Waals surface area contributed by atoms with Gasteiger partial charge in [0, 0.05) is 4.88 Å². The zero-order valence-corrected chi connectivity index (χ0v) is 11.5. The van der Waals surface area contributed by atoms with Crippen LogP contribution in [-0.2, 0) is 6.42 Å². The Morgan fingerprint density at radius 3 is 3.06 bits per heavy atom. The molecule has 3 nitrogen and oxygen atoms in total. The van der Waals surface area contributed by atoms with Crippen LogP contribution < -0.4 is 5.32 Å². The molecule has 0 spiro atoms. The van der Waals surface area contributed by atoms with Gasteiger partial charge in [0.1, 0.15) is 10.9 Å². The molecule has 2 heterocycles. The molecule has 2 aromatic heterocycles. The molecule has 1 unspecified atom stereocenters. The van der Waals surface area contributed by atoms with Gasteiger partial charge in [-0.05, 0) is 17.9 Å².